The van der Waals surface area contributed by atoms with Crippen LogP contribution in [-0.2, 0) is 9.53 Å². The Kier molecular flexibility index (Phi) is 6.55. The number of nitro benzene ring substituents is 1. The van der Waals surface area contributed by atoms with Crippen molar-refractivity contribution in [1.82, 2.24) is 0 Å². The van der Waals surface area contributed by atoms with Crippen molar-refractivity contribution in [2.24, 2.45) is 0 Å². The molecular weight excluding hydrogens is 366 g/mol. The van der Waals surface area contributed by atoms with Crippen LogP contribution in [0.5, 0.6) is 0 Å². The van der Waals surface area contributed by atoms with Gasteiger partial charge >= 0.3 is 5.97 Å². The first kappa shape index (κ1) is 19.0. The van der Waals surface area contributed by atoms with E-state index in [1.807, 2.05) is 0 Å². The van der Waals surface area contributed by atoms with Crippen molar-refractivity contribution in [3.05, 3.63) is 69.2 Å². The van der Waals surface area contributed by atoms with Gasteiger partial charge in [0.1, 0.15) is 0 Å². The molecule has 0 heterocycles. The molecule has 0 aliphatic heterocycles. The van der Waals surface area contributed by atoms with E-state index in [2.05, 4.69) is 0 Å². The van der Waals surface area contributed by atoms with Gasteiger partial charge in [0.25, 0.3) is 5.69 Å². The third kappa shape index (κ3) is 5.58. The summed E-state index contributed by atoms with van der Waals surface area (Å²) in [6.07, 6.45) is -0.911. The van der Waals surface area contributed by atoms with Crippen molar-refractivity contribution in [2.45, 2.75) is 17.9 Å². The summed E-state index contributed by atoms with van der Waals surface area (Å²) in [7, 11) is 0. The van der Waals surface area contributed by atoms with Gasteiger partial charge in [-0.2, -0.15) is 0 Å². The molecule has 0 N–H and O–H groups in total. The van der Waals surface area contributed by atoms with Crippen LogP contribution < -0.4 is 0 Å². The Morgan fingerprint density at radius 2 is 1.76 bits per heavy atom. The van der Waals surface area contributed by atoms with Gasteiger partial charge in [0.05, 0.1) is 10.7 Å². The molecule has 0 saturated carbocycles. The topological polar surface area (TPSA) is 86.5 Å². The zero-order valence-corrected chi connectivity index (χ0v) is 14.8. The van der Waals surface area contributed by atoms with Crippen molar-refractivity contribution in [1.29, 1.82) is 0 Å². The molecule has 6 nitrogen and oxygen atoms in total. The van der Waals surface area contributed by atoms with Gasteiger partial charge in [-0.3, -0.25) is 19.7 Å². The number of carbonyl (C=O) groups excluding carboxylic acids is 2. The van der Waals surface area contributed by atoms with Gasteiger partial charge in [0.2, 0.25) is 5.78 Å². The third-order valence-electron chi connectivity index (χ3n) is 3.21. The summed E-state index contributed by atoms with van der Waals surface area (Å²) in [5, 5.41) is 11.1. The minimum Gasteiger partial charge on any atom is -0.454 e. The number of thioether (sulfide) groups is 1. The summed E-state index contributed by atoms with van der Waals surface area (Å²) in [5.74, 6) is -0.862. The van der Waals surface area contributed by atoms with Crippen molar-refractivity contribution in [2.75, 3.05) is 5.75 Å². The van der Waals surface area contributed by atoms with Crippen LogP contribution >= 0.6 is 23.4 Å². The van der Waals surface area contributed by atoms with E-state index in [1.54, 1.807) is 36.4 Å². The van der Waals surface area contributed by atoms with Crippen LogP contribution in [0.2, 0.25) is 5.02 Å². The highest BCUT2D eigenvalue weighted by Crippen LogP contribution is 2.21. The second kappa shape index (κ2) is 8.64. The van der Waals surface area contributed by atoms with Gasteiger partial charge in [0, 0.05) is 27.6 Å². The number of hydrogen-bond acceptors (Lipinski definition) is 6. The zero-order chi connectivity index (χ0) is 18.4. The molecule has 0 aliphatic rings. The smallest absolute Gasteiger partial charge is 0.316 e. The molecule has 0 amide bonds. The summed E-state index contributed by atoms with van der Waals surface area (Å²) >= 11 is 6.94. The molecule has 0 aliphatic carbocycles. The van der Waals surface area contributed by atoms with Crippen molar-refractivity contribution >= 4 is 40.8 Å². The molecule has 2 rings (SSSR count). The fourth-order valence-corrected chi connectivity index (χ4v) is 2.75. The number of nitrogens with zero attached hydrogens (tertiary/aromatic N) is 1. The molecule has 25 heavy (non-hydrogen) atoms. The van der Waals surface area contributed by atoms with Crippen molar-refractivity contribution in [3.8, 4) is 0 Å². The maximum atomic E-state index is 12.2. The number of Topliss-reactive ketones (excluding diaryl/α,β-unsaturated/α-hetero) is 1. The molecule has 0 unspecified atom stereocenters. The van der Waals surface area contributed by atoms with E-state index >= 15 is 0 Å². The van der Waals surface area contributed by atoms with Crippen LogP contribution in [0.25, 0.3) is 0 Å². The molecule has 0 fully saturated rings. The number of benzene rings is 2. The van der Waals surface area contributed by atoms with Crippen molar-refractivity contribution in [3.63, 3.8) is 0 Å². The van der Waals surface area contributed by atoms with Crippen LogP contribution in [-0.4, -0.2) is 28.5 Å². The first-order valence-electron chi connectivity index (χ1n) is 7.23. The number of nitro groups is 1. The van der Waals surface area contributed by atoms with E-state index in [-0.39, 0.29) is 17.2 Å². The highest BCUT2D eigenvalue weighted by molar-refractivity contribution is 8.00. The summed E-state index contributed by atoms with van der Waals surface area (Å²) in [4.78, 5) is 34.8. The molecule has 130 valence electrons. The summed E-state index contributed by atoms with van der Waals surface area (Å²) in [6.45, 7) is 1.51. The van der Waals surface area contributed by atoms with Crippen LogP contribution in [0.3, 0.4) is 0 Å². The molecule has 0 aromatic heterocycles. The number of esters is 1. The Balaban J connectivity index is 1.85. The minimum absolute atomic E-state index is 0.00392. The molecule has 0 spiro atoms. The maximum absolute atomic E-state index is 12.2. The van der Waals surface area contributed by atoms with Gasteiger partial charge in [-0.05, 0) is 43.3 Å². The van der Waals surface area contributed by atoms with Crippen LogP contribution in [0.1, 0.15) is 17.3 Å². The predicted octanol–water partition coefficient (Wildman–Crippen LogP) is 4.15. The first-order chi connectivity index (χ1) is 11.9. The molecule has 0 bridgehead atoms. The molecule has 8 heteroatoms. The van der Waals surface area contributed by atoms with E-state index in [0.29, 0.717) is 15.5 Å². The largest absolute Gasteiger partial charge is 0.454 e. The van der Waals surface area contributed by atoms with Gasteiger partial charge in [0.15, 0.2) is 6.10 Å². The highest BCUT2D eigenvalue weighted by Gasteiger charge is 2.19. The molecule has 0 saturated heterocycles. The van der Waals surface area contributed by atoms with Gasteiger partial charge < -0.3 is 4.74 Å². The molecule has 2 aromatic carbocycles. The van der Waals surface area contributed by atoms with E-state index in [1.165, 1.54) is 30.8 Å². The normalized spacial score (nSPS) is 11.6. The standard InChI is InChI=1S/C17H14ClNO5S/c1-11(17(21)12-2-4-13(18)5-3-12)24-16(20)10-25-15-8-6-14(7-9-15)19(22)23/h2-9,11H,10H2,1H3/t11-/m1/s1. The number of rotatable bonds is 7. The Morgan fingerprint density at radius 3 is 2.32 bits per heavy atom. The molecular formula is C17H14ClNO5S. The van der Waals surface area contributed by atoms with Crippen molar-refractivity contribution < 1.29 is 19.2 Å². The van der Waals surface area contributed by atoms with E-state index in [0.717, 1.165) is 0 Å². The summed E-state index contributed by atoms with van der Waals surface area (Å²) < 4.78 is 5.13. The van der Waals surface area contributed by atoms with Gasteiger partial charge in [-0.1, -0.05) is 11.6 Å². The third-order valence-corrected chi connectivity index (χ3v) is 4.45. The van der Waals surface area contributed by atoms with Crippen LogP contribution in [0.15, 0.2) is 53.4 Å². The fourth-order valence-electron chi connectivity index (χ4n) is 1.94. The quantitative estimate of drug-likeness (QED) is 0.236. The fraction of sp³-hybridized carbons (Fsp3) is 0.176. The van der Waals surface area contributed by atoms with Crippen LogP contribution in [0, 0.1) is 10.1 Å². The highest BCUT2D eigenvalue weighted by atomic mass is 35.5. The average molecular weight is 380 g/mol. The average Bonchev–Trinajstić information content (AvgIpc) is 2.60. The number of carbonyl (C=O) groups is 2. The second-order valence-corrected chi connectivity index (χ2v) is 6.53. The lowest BCUT2D eigenvalue weighted by Crippen LogP contribution is -2.25. The lowest BCUT2D eigenvalue weighted by atomic mass is 10.1. The summed E-state index contributed by atoms with van der Waals surface area (Å²) in [5.41, 5.74) is 0.391. The maximum Gasteiger partial charge on any atom is 0.316 e. The predicted molar refractivity (Wildman–Crippen MR) is 95.2 cm³/mol. The first-order valence-corrected chi connectivity index (χ1v) is 8.59. The van der Waals surface area contributed by atoms with E-state index < -0.39 is 17.0 Å². The summed E-state index contributed by atoms with van der Waals surface area (Å²) in [6, 6.07) is 12.2. The lowest BCUT2D eigenvalue weighted by Gasteiger charge is -2.12. The lowest BCUT2D eigenvalue weighted by molar-refractivity contribution is -0.384. The number of hydrogen-bond donors (Lipinski definition) is 0. The molecule has 1 atom stereocenters. The number of non-ortho nitro benzene ring substituents is 1. The van der Waals surface area contributed by atoms with Gasteiger partial charge in [-0.25, -0.2) is 0 Å². The van der Waals surface area contributed by atoms with Crippen LogP contribution in [0.4, 0.5) is 5.69 Å². The SMILES string of the molecule is C[C@@H](OC(=O)CSc1ccc([N+](=O)[O-])cc1)C(=O)c1ccc(Cl)cc1. The monoisotopic (exact) mass is 379 g/mol. The molecule has 0 radical (unpaired) electrons. The Bertz CT molecular complexity index is 777. The van der Waals surface area contributed by atoms with Gasteiger partial charge in [-0.15, -0.1) is 11.8 Å². The van der Waals surface area contributed by atoms with E-state index in [9.17, 15) is 19.7 Å². The number of ketones is 1. The second-order valence-electron chi connectivity index (χ2n) is 5.04. The Morgan fingerprint density at radius 1 is 1.16 bits per heavy atom. The zero-order valence-electron chi connectivity index (χ0n) is 13.2. The van der Waals surface area contributed by atoms with E-state index in [4.69, 9.17) is 16.3 Å². The Labute approximate surface area is 153 Å². The Hall–Kier alpha value is -2.38. The molecule has 2 aromatic rings. The number of ether oxygens (including phenoxy) is 1. The minimum atomic E-state index is -0.911. The number of halogens is 1.